The van der Waals surface area contributed by atoms with Crippen molar-refractivity contribution >= 4 is 12.4 Å². The zero-order valence-electron chi connectivity index (χ0n) is 9.24. The van der Waals surface area contributed by atoms with Gasteiger partial charge in [0.05, 0.1) is 0 Å². The van der Waals surface area contributed by atoms with Gasteiger partial charge in [0.25, 0.3) is 0 Å². The minimum absolute atomic E-state index is 0. The molecule has 0 aromatic heterocycles. The highest BCUT2D eigenvalue weighted by Gasteiger charge is 2.10. The van der Waals surface area contributed by atoms with E-state index in [-0.39, 0.29) is 24.3 Å². The number of hydrogen-bond donors (Lipinski definition) is 1. The molecule has 1 nitrogen and oxygen atoms in total. The van der Waals surface area contributed by atoms with Crippen LogP contribution >= 0.6 is 12.4 Å². The van der Waals surface area contributed by atoms with Crippen LogP contribution in [-0.2, 0) is 0 Å². The van der Waals surface area contributed by atoms with E-state index in [1.165, 1.54) is 6.07 Å². The van der Waals surface area contributed by atoms with Crippen LogP contribution in [0.15, 0.2) is 24.3 Å². The fourth-order valence-electron chi connectivity index (χ4n) is 1.44. The Bertz CT molecular complexity index is 289. The third-order valence-corrected chi connectivity index (χ3v) is 2.36. The second-order valence-corrected chi connectivity index (χ2v) is 4.10. The van der Waals surface area contributed by atoms with E-state index in [0.717, 1.165) is 12.8 Å². The van der Waals surface area contributed by atoms with Crippen LogP contribution in [0.2, 0.25) is 0 Å². The van der Waals surface area contributed by atoms with E-state index < -0.39 is 0 Å². The van der Waals surface area contributed by atoms with Crippen LogP contribution in [0.4, 0.5) is 4.39 Å². The zero-order chi connectivity index (χ0) is 10.6. The summed E-state index contributed by atoms with van der Waals surface area (Å²) in [5, 5.41) is 0. The molecule has 0 heterocycles. The maximum absolute atomic E-state index is 13.3. The summed E-state index contributed by atoms with van der Waals surface area (Å²) < 4.78 is 13.3. The van der Waals surface area contributed by atoms with Gasteiger partial charge in [0.1, 0.15) is 5.82 Å². The number of halogens is 2. The van der Waals surface area contributed by atoms with E-state index in [9.17, 15) is 4.39 Å². The van der Waals surface area contributed by atoms with Gasteiger partial charge in [0.2, 0.25) is 0 Å². The molecule has 0 radical (unpaired) electrons. The normalized spacial score (nSPS) is 12.3. The van der Waals surface area contributed by atoms with Crippen LogP contribution in [0.1, 0.15) is 38.3 Å². The van der Waals surface area contributed by atoms with Crippen molar-refractivity contribution in [3.05, 3.63) is 35.6 Å². The molecule has 1 unspecified atom stereocenters. The minimum Gasteiger partial charge on any atom is -0.324 e. The summed E-state index contributed by atoms with van der Waals surface area (Å²) in [7, 11) is 0. The molecule has 3 heteroatoms. The first kappa shape index (κ1) is 14.4. The largest absolute Gasteiger partial charge is 0.324 e. The molecule has 0 aliphatic rings. The van der Waals surface area contributed by atoms with Crippen molar-refractivity contribution in [1.82, 2.24) is 0 Å². The highest BCUT2D eigenvalue weighted by Crippen LogP contribution is 2.20. The average Bonchev–Trinajstić information content (AvgIpc) is 2.15. The molecule has 0 spiro atoms. The zero-order valence-corrected chi connectivity index (χ0v) is 10.1. The molecular weight excluding hydrogens is 213 g/mol. The Morgan fingerprint density at radius 3 is 2.33 bits per heavy atom. The van der Waals surface area contributed by atoms with Crippen LogP contribution in [0.5, 0.6) is 0 Å². The van der Waals surface area contributed by atoms with Crippen LogP contribution in [0, 0.1) is 11.7 Å². The topological polar surface area (TPSA) is 26.0 Å². The van der Waals surface area contributed by atoms with Crippen molar-refractivity contribution in [2.24, 2.45) is 11.7 Å². The van der Waals surface area contributed by atoms with Gasteiger partial charge in [-0.1, -0.05) is 32.0 Å². The maximum Gasteiger partial charge on any atom is 0.127 e. The van der Waals surface area contributed by atoms with E-state index in [0.29, 0.717) is 11.5 Å². The summed E-state index contributed by atoms with van der Waals surface area (Å²) in [4.78, 5) is 0. The molecule has 0 aliphatic carbocycles. The number of benzene rings is 1. The molecule has 0 aliphatic heterocycles. The van der Waals surface area contributed by atoms with Gasteiger partial charge in [0.15, 0.2) is 0 Å². The average molecular weight is 232 g/mol. The van der Waals surface area contributed by atoms with Gasteiger partial charge >= 0.3 is 0 Å². The maximum atomic E-state index is 13.3. The van der Waals surface area contributed by atoms with E-state index in [1.54, 1.807) is 12.1 Å². The van der Waals surface area contributed by atoms with Gasteiger partial charge in [-0.05, 0) is 24.8 Å². The Hall–Kier alpha value is -0.600. The van der Waals surface area contributed by atoms with Gasteiger partial charge in [0, 0.05) is 11.6 Å². The fourth-order valence-corrected chi connectivity index (χ4v) is 1.44. The van der Waals surface area contributed by atoms with Crippen LogP contribution in [0.25, 0.3) is 0 Å². The summed E-state index contributed by atoms with van der Waals surface area (Å²) in [5.41, 5.74) is 6.54. The molecule has 1 aromatic carbocycles. The Morgan fingerprint density at radius 2 is 1.80 bits per heavy atom. The highest BCUT2D eigenvalue weighted by molar-refractivity contribution is 5.85. The number of hydrogen-bond acceptors (Lipinski definition) is 1. The minimum atomic E-state index is -0.191. The molecule has 1 aromatic rings. The lowest BCUT2D eigenvalue weighted by Gasteiger charge is -2.13. The molecule has 1 atom stereocenters. The molecule has 0 amide bonds. The third-order valence-electron chi connectivity index (χ3n) is 2.36. The quantitative estimate of drug-likeness (QED) is 0.841. The van der Waals surface area contributed by atoms with Gasteiger partial charge in [-0.25, -0.2) is 4.39 Å². The van der Waals surface area contributed by atoms with Gasteiger partial charge in [-0.2, -0.15) is 0 Å². The van der Waals surface area contributed by atoms with Crippen molar-refractivity contribution in [2.45, 2.75) is 32.7 Å². The molecule has 1 rings (SSSR count). The van der Waals surface area contributed by atoms with Crippen molar-refractivity contribution in [2.75, 3.05) is 0 Å². The predicted molar refractivity (Wildman–Crippen MR) is 64.6 cm³/mol. The fraction of sp³-hybridized carbons (Fsp3) is 0.500. The number of nitrogens with two attached hydrogens (primary N) is 1. The third kappa shape index (κ3) is 4.63. The monoisotopic (exact) mass is 231 g/mol. The summed E-state index contributed by atoms with van der Waals surface area (Å²) in [6, 6.07) is 6.57. The van der Waals surface area contributed by atoms with Gasteiger partial charge in [-0.3, -0.25) is 0 Å². The lowest BCUT2D eigenvalue weighted by Crippen LogP contribution is -2.12. The molecule has 86 valence electrons. The second kappa shape index (κ2) is 6.81. The van der Waals surface area contributed by atoms with E-state index in [1.807, 2.05) is 6.07 Å². The Balaban J connectivity index is 0.00000196. The molecule has 0 saturated heterocycles. The van der Waals surface area contributed by atoms with Crippen LogP contribution < -0.4 is 5.73 Å². The summed E-state index contributed by atoms with van der Waals surface area (Å²) in [6.07, 6.45) is 1.88. The van der Waals surface area contributed by atoms with Gasteiger partial charge < -0.3 is 5.73 Å². The van der Waals surface area contributed by atoms with Crippen LogP contribution in [0.3, 0.4) is 0 Å². The lowest BCUT2D eigenvalue weighted by atomic mass is 9.98. The van der Waals surface area contributed by atoms with Crippen LogP contribution in [-0.4, -0.2) is 0 Å². The Labute approximate surface area is 97.3 Å². The van der Waals surface area contributed by atoms with E-state index in [2.05, 4.69) is 13.8 Å². The number of rotatable bonds is 4. The Morgan fingerprint density at radius 1 is 1.20 bits per heavy atom. The first-order valence-electron chi connectivity index (χ1n) is 5.11. The molecule has 0 fully saturated rings. The molecule has 0 saturated carbocycles. The first-order chi connectivity index (χ1) is 6.61. The summed E-state index contributed by atoms with van der Waals surface area (Å²) in [6.45, 7) is 4.29. The molecule has 15 heavy (non-hydrogen) atoms. The van der Waals surface area contributed by atoms with Crippen molar-refractivity contribution < 1.29 is 4.39 Å². The Kier molecular flexibility index (Phi) is 6.53. The molecule has 2 N–H and O–H groups in total. The van der Waals surface area contributed by atoms with Crippen molar-refractivity contribution in [3.8, 4) is 0 Å². The van der Waals surface area contributed by atoms with Gasteiger partial charge in [-0.15, -0.1) is 12.4 Å². The summed E-state index contributed by atoms with van der Waals surface area (Å²) >= 11 is 0. The molecular formula is C12H19ClFN. The highest BCUT2D eigenvalue weighted by atomic mass is 35.5. The standard InChI is InChI=1S/C12H18FN.ClH/c1-9(2)7-8-12(14)10-5-3-4-6-11(10)13;/h3-6,9,12H,7-8,14H2,1-2H3;1H. The van der Waals surface area contributed by atoms with E-state index in [4.69, 9.17) is 5.73 Å². The smallest absolute Gasteiger partial charge is 0.127 e. The first-order valence-corrected chi connectivity index (χ1v) is 5.11. The summed E-state index contributed by atoms with van der Waals surface area (Å²) in [5.74, 6) is 0.427. The predicted octanol–water partition coefficient (Wildman–Crippen LogP) is 3.68. The van der Waals surface area contributed by atoms with Crippen molar-refractivity contribution in [1.29, 1.82) is 0 Å². The van der Waals surface area contributed by atoms with Crippen molar-refractivity contribution in [3.63, 3.8) is 0 Å². The van der Waals surface area contributed by atoms with E-state index >= 15 is 0 Å². The SMILES string of the molecule is CC(C)CCC(N)c1ccccc1F.Cl. The second-order valence-electron chi connectivity index (χ2n) is 4.10. The lowest BCUT2D eigenvalue weighted by molar-refractivity contribution is 0.491. The molecule has 0 bridgehead atoms.